The van der Waals surface area contributed by atoms with Crippen molar-refractivity contribution in [3.63, 3.8) is 0 Å². The number of nitrogens with zero attached hydrogens (tertiary/aromatic N) is 3. The zero-order valence-electron chi connectivity index (χ0n) is 29.8. The van der Waals surface area contributed by atoms with Crippen molar-refractivity contribution in [3.05, 3.63) is 200 Å². The molecule has 3 heterocycles. The van der Waals surface area contributed by atoms with Crippen molar-refractivity contribution < 1.29 is 4.42 Å². The Bertz CT molecular complexity index is 2870. The highest BCUT2D eigenvalue weighted by Crippen LogP contribution is 2.46. The lowest BCUT2D eigenvalue weighted by Gasteiger charge is -2.11. The van der Waals surface area contributed by atoms with Crippen molar-refractivity contribution in [2.75, 3.05) is 0 Å². The first-order chi connectivity index (χ1) is 27.3. The van der Waals surface area contributed by atoms with E-state index in [1.165, 1.54) is 0 Å². The van der Waals surface area contributed by atoms with Crippen LogP contribution in [0, 0.1) is 0 Å². The molecule has 0 unspecified atom stereocenters. The first-order valence-corrected chi connectivity index (χ1v) is 18.4. The molecule has 55 heavy (non-hydrogen) atoms. The number of fused-ring (bicyclic) bond motifs is 3. The number of pyridine rings is 1. The maximum absolute atomic E-state index is 6.90. The Morgan fingerprint density at radius 1 is 0.345 bits per heavy atom. The molecular formula is C51H33N3O. The maximum Gasteiger partial charge on any atom is 0.162 e. The minimum absolute atomic E-state index is 0.701. The van der Waals surface area contributed by atoms with E-state index in [2.05, 4.69) is 140 Å². The quantitative estimate of drug-likeness (QED) is 0.166. The maximum atomic E-state index is 6.90. The molecule has 258 valence electrons. The molecule has 0 N–H and O–H groups in total. The molecule has 0 fully saturated rings. The normalized spacial score (nSPS) is 11.3. The molecule has 0 atom stereocenters. The zero-order chi connectivity index (χ0) is 36.6. The molecule has 0 amide bonds. The Kier molecular flexibility index (Phi) is 8.12. The first kappa shape index (κ1) is 32.2. The van der Waals surface area contributed by atoms with E-state index in [4.69, 9.17) is 19.4 Å². The Balaban J connectivity index is 1.12. The second-order valence-electron chi connectivity index (χ2n) is 13.6. The van der Waals surface area contributed by atoms with Crippen LogP contribution in [0.2, 0.25) is 0 Å². The van der Waals surface area contributed by atoms with Crippen molar-refractivity contribution in [2.45, 2.75) is 0 Å². The van der Waals surface area contributed by atoms with Crippen LogP contribution in [-0.2, 0) is 0 Å². The highest BCUT2D eigenvalue weighted by atomic mass is 16.3. The Morgan fingerprint density at radius 3 is 1.42 bits per heavy atom. The van der Waals surface area contributed by atoms with Gasteiger partial charge in [0.25, 0.3) is 0 Å². The summed E-state index contributed by atoms with van der Waals surface area (Å²) >= 11 is 0. The fraction of sp³-hybridized carbons (Fsp3) is 0. The van der Waals surface area contributed by atoms with Crippen molar-refractivity contribution in [2.24, 2.45) is 0 Å². The minimum Gasteiger partial charge on any atom is -0.453 e. The summed E-state index contributed by atoms with van der Waals surface area (Å²) in [5.74, 6) is 1.54. The average Bonchev–Trinajstić information content (AvgIpc) is 3.68. The molecule has 0 saturated carbocycles. The highest BCUT2D eigenvalue weighted by molar-refractivity contribution is 6.18. The van der Waals surface area contributed by atoms with Crippen molar-refractivity contribution in [1.82, 2.24) is 15.0 Å². The van der Waals surface area contributed by atoms with Gasteiger partial charge in [-0.1, -0.05) is 188 Å². The van der Waals surface area contributed by atoms with E-state index in [0.717, 1.165) is 94.8 Å². The van der Waals surface area contributed by atoms with Crippen LogP contribution in [-0.4, -0.2) is 15.0 Å². The lowest BCUT2D eigenvalue weighted by atomic mass is 9.94. The van der Waals surface area contributed by atoms with Crippen LogP contribution in [0.25, 0.3) is 101 Å². The van der Waals surface area contributed by atoms with Crippen LogP contribution in [0.1, 0.15) is 0 Å². The molecule has 10 rings (SSSR count). The lowest BCUT2D eigenvalue weighted by Crippen LogP contribution is -1.95. The first-order valence-electron chi connectivity index (χ1n) is 18.4. The van der Waals surface area contributed by atoms with Gasteiger partial charge in [0.1, 0.15) is 11.5 Å². The van der Waals surface area contributed by atoms with Gasteiger partial charge in [0, 0.05) is 44.2 Å². The van der Waals surface area contributed by atoms with Crippen LogP contribution in [0.4, 0.5) is 0 Å². The smallest absolute Gasteiger partial charge is 0.162 e. The van der Waals surface area contributed by atoms with Crippen molar-refractivity contribution in [3.8, 4) is 78.7 Å². The van der Waals surface area contributed by atoms with Crippen molar-refractivity contribution in [1.29, 1.82) is 0 Å². The number of hydrogen-bond acceptors (Lipinski definition) is 4. The van der Waals surface area contributed by atoms with Gasteiger partial charge in [0.2, 0.25) is 0 Å². The average molecular weight is 704 g/mol. The molecule has 0 saturated heterocycles. The summed E-state index contributed by atoms with van der Waals surface area (Å²) in [7, 11) is 0. The van der Waals surface area contributed by atoms with Crippen LogP contribution >= 0.6 is 0 Å². The second kappa shape index (κ2) is 13.8. The fourth-order valence-corrected chi connectivity index (χ4v) is 7.41. The third-order valence-electron chi connectivity index (χ3n) is 10.1. The second-order valence-corrected chi connectivity index (χ2v) is 13.6. The molecule has 0 aliphatic heterocycles. The molecule has 0 aliphatic carbocycles. The molecular weight excluding hydrogens is 671 g/mol. The molecule has 7 aromatic carbocycles. The van der Waals surface area contributed by atoms with Crippen molar-refractivity contribution >= 4 is 21.9 Å². The number of benzene rings is 7. The van der Waals surface area contributed by atoms with Gasteiger partial charge >= 0.3 is 0 Å². The fourth-order valence-electron chi connectivity index (χ4n) is 7.41. The summed E-state index contributed by atoms with van der Waals surface area (Å²) < 4.78 is 6.90. The molecule has 0 bridgehead atoms. The van der Waals surface area contributed by atoms with Gasteiger partial charge in [-0.05, 0) is 28.8 Å². The summed E-state index contributed by atoms with van der Waals surface area (Å²) in [4.78, 5) is 15.3. The number of rotatable bonds is 7. The highest BCUT2D eigenvalue weighted by Gasteiger charge is 2.24. The summed E-state index contributed by atoms with van der Waals surface area (Å²) in [5, 5.41) is 2.10. The van der Waals surface area contributed by atoms with Crippen LogP contribution < -0.4 is 0 Å². The summed E-state index contributed by atoms with van der Waals surface area (Å²) in [6.45, 7) is 0. The van der Waals surface area contributed by atoms with E-state index in [1.54, 1.807) is 0 Å². The molecule has 4 heteroatoms. The standard InChI is InChI=1S/C51H33N3O/c1-6-16-35(17-7-1)43-33-44(54-51(53-43)40-24-14-5-15-25-40)36-28-26-34(27-29-36)41-30-31-42-45(32-41)52-48(38-20-10-3-11-21-38)50-47(42)46(37-18-8-2-9-19-37)49(55-50)39-22-12-4-13-23-39/h1-33H. The van der Waals surface area contributed by atoms with Gasteiger partial charge in [-0.2, -0.15) is 0 Å². The topological polar surface area (TPSA) is 51.8 Å². The Labute approximate surface area is 319 Å². The van der Waals surface area contributed by atoms with E-state index in [-0.39, 0.29) is 0 Å². The third-order valence-corrected chi connectivity index (χ3v) is 10.1. The van der Waals surface area contributed by atoms with Gasteiger partial charge in [-0.3, -0.25) is 0 Å². The minimum atomic E-state index is 0.701. The molecule has 4 nitrogen and oxygen atoms in total. The molecule has 0 spiro atoms. The van der Waals surface area contributed by atoms with E-state index >= 15 is 0 Å². The molecule has 10 aromatic rings. The lowest BCUT2D eigenvalue weighted by molar-refractivity contribution is 0.632. The van der Waals surface area contributed by atoms with E-state index < -0.39 is 0 Å². The number of furan rings is 1. The summed E-state index contributed by atoms with van der Waals surface area (Å²) in [5.41, 5.74) is 13.7. The number of aromatic nitrogens is 3. The largest absolute Gasteiger partial charge is 0.453 e. The van der Waals surface area contributed by atoms with Crippen LogP contribution in [0.5, 0.6) is 0 Å². The zero-order valence-corrected chi connectivity index (χ0v) is 29.8. The summed E-state index contributed by atoms with van der Waals surface area (Å²) in [6.07, 6.45) is 0. The monoisotopic (exact) mass is 703 g/mol. The third kappa shape index (κ3) is 6.06. The van der Waals surface area contributed by atoms with Gasteiger partial charge < -0.3 is 4.42 Å². The SMILES string of the molecule is c1ccc(-c2cc(-c3ccc(-c4ccc5c(c4)nc(-c4ccccc4)c4oc(-c6ccccc6)c(-c6ccccc6)c45)cc3)nc(-c3ccccc3)n2)cc1. The van der Waals surface area contributed by atoms with E-state index in [0.29, 0.717) is 5.82 Å². The van der Waals surface area contributed by atoms with Crippen LogP contribution in [0.3, 0.4) is 0 Å². The van der Waals surface area contributed by atoms with E-state index in [9.17, 15) is 0 Å². The molecule has 0 aliphatic rings. The Morgan fingerprint density at radius 2 is 0.818 bits per heavy atom. The number of hydrogen-bond donors (Lipinski definition) is 0. The van der Waals surface area contributed by atoms with E-state index in [1.807, 2.05) is 60.7 Å². The summed E-state index contributed by atoms with van der Waals surface area (Å²) in [6, 6.07) is 68.9. The molecule has 0 radical (unpaired) electrons. The molecule has 3 aromatic heterocycles. The van der Waals surface area contributed by atoms with Gasteiger partial charge in [-0.15, -0.1) is 0 Å². The predicted molar refractivity (Wildman–Crippen MR) is 225 cm³/mol. The Hall–Kier alpha value is -7.43. The van der Waals surface area contributed by atoms with Gasteiger partial charge in [-0.25, -0.2) is 15.0 Å². The van der Waals surface area contributed by atoms with Gasteiger partial charge in [0.15, 0.2) is 11.4 Å². The predicted octanol–water partition coefficient (Wildman–Crippen LogP) is 13.4. The van der Waals surface area contributed by atoms with Crippen LogP contribution in [0.15, 0.2) is 205 Å². The van der Waals surface area contributed by atoms with Gasteiger partial charge in [0.05, 0.1) is 16.9 Å².